The molecule has 0 aliphatic heterocycles. The van der Waals surface area contributed by atoms with Crippen molar-refractivity contribution in [2.75, 3.05) is 13.1 Å². The van der Waals surface area contributed by atoms with Crippen LogP contribution in [0.3, 0.4) is 0 Å². The summed E-state index contributed by atoms with van der Waals surface area (Å²) in [5.74, 6) is -1.23. The fraction of sp³-hybridized carbons (Fsp3) is 0.182. The van der Waals surface area contributed by atoms with Crippen LogP contribution in [0.2, 0.25) is 5.02 Å². The Labute approximate surface area is 110 Å². The minimum atomic E-state index is -3.88. The van der Waals surface area contributed by atoms with Gasteiger partial charge in [-0.25, -0.2) is 8.42 Å². The molecule has 0 amide bonds. The van der Waals surface area contributed by atoms with Crippen molar-refractivity contribution >= 4 is 27.6 Å². The van der Waals surface area contributed by atoms with E-state index < -0.39 is 22.5 Å². The molecule has 0 atom stereocenters. The number of sulfonamides is 1. The Kier molecular flexibility index (Phi) is 4.89. The van der Waals surface area contributed by atoms with Crippen LogP contribution in [0.25, 0.3) is 0 Å². The molecule has 0 aromatic heterocycles. The summed E-state index contributed by atoms with van der Waals surface area (Å²) in [4.78, 5) is 10.6. The highest BCUT2D eigenvalue weighted by atomic mass is 35.5. The van der Waals surface area contributed by atoms with E-state index in [-0.39, 0.29) is 16.5 Å². The van der Waals surface area contributed by atoms with Crippen molar-refractivity contribution in [3.8, 4) is 0 Å². The van der Waals surface area contributed by atoms with Crippen LogP contribution in [-0.4, -0.2) is 36.9 Å². The van der Waals surface area contributed by atoms with Gasteiger partial charge in [-0.3, -0.25) is 4.79 Å². The average Bonchev–Trinajstić information content (AvgIpc) is 2.28. The number of hydrogen-bond acceptors (Lipinski definition) is 3. The molecule has 0 aliphatic carbocycles. The fourth-order valence-electron chi connectivity index (χ4n) is 1.32. The third kappa shape index (κ3) is 3.56. The summed E-state index contributed by atoms with van der Waals surface area (Å²) in [7, 11) is -3.88. The van der Waals surface area contributed by atoms with Gasteiger partial charge in [-0.1, -0.05) is 23.7 Å². The average molecular weight is 290 g/mol. The Balaban J connectivity index is 3.16. The third-order valence-corrected chi connectivity index (χ3v) is 4.12. The quantitative estimate of drug-likeness (QED) is 0.807. The van der Waals surface area contributed by atoms with Gasteiger partial charge in [0, 0.05) is 11.6 Å². The second-order valence-corrected chi connectivity index (χ2v) is 5.81. The van der Waals surface area contributed by atoms with Gasteiger partial charge >= 0.3 is 5.97 Å². The zero-order valence-corrected chi connectivity index (χ0v) is 11.0. The second kappa shape index (κ2) is 5.99. The molecule has 0 saturated carbocycles. The minimum Gasteiger partial charge on any atom is -0.480 e. The van der Waals surface area contributed by atoms with Crippen LogP contribution in [0.1, 0.15) is 0 Å². The maximum atomic E-state index is 12.2. The lowest BCUT2D eigenvalue weighted by Gasteiger charge is -2.18. The Morgan fingerprint density at radius 3 is 2.67 bits per heavy atom. The van der Waals surface area contributed by atoms with Crippen molar-refractivity contribution < 1.29 is 18.3 Å². The summed E-state index contributed by atoms with van der Waals surface area (Å²) >= 11 is 5.72. The molecule has 5 nitrogen and oxygen atoms in total. The SMILES string of the molecule is C=CCN(CC(=O)O)S(=O)(=O)c1cccc(Cl)c1. The monoisotopic (exact) mass is 289 g/mol. The third-order valence-electron chi connectivity index (χ3n) is 2.08. The Morgan fingerprint density at radius 1 is 1.50 bits per heavy atom. The number of aliphatic carboxylic acids is 1. The zero-order chi connectivity index (χ0) is 13.8. The molecule has 0 radical (unpaired) electrons. The molecule has 98 valence electrons. The van der Waals surface area contributed by atoms with Gasteiger partial charge in [0.2, 0.25) is 10.0 Å². The second-order valence-electron chi connectivity index (χ2n) is 3.44. The maximum Gasteiger partial charge on any atom is 0.318 e. The van der Waals surface area contributed by atoms with E-state index in [0.717, 1.165) is 4.31 Å². The lowest BCUT2D eigenvalue weighted by molar-refractivity contribution is -0.137. The normalized spacial score (nSPS) is 11.4. The van der Waals surface area contributed by atoms with Crippen molar-refractivity contribution in [1.29, 1.82) is 0 Å². The fourth-order valence-corrected chi connectivity index (χ4v) is 2.98. The number of benzene rings is 1. The smallest absolute Gasteiger partial charge is 0.318 e. The largest absolute Gasteiger partial charge is 0.480 e. The molecule has 1 N–H and O–H groups in total. The van der Waals surface area contributed by atoms with E-state index in [4.69, 9.17) is 16.7 Å². The predicted molar refractivity (Wildman–Crippen MR) is 68.0 cm³/mol. The summed E-state index contributed by atoms with van der Waals surface area (Å²) in [6, 6.07) is 5.66. The molecular weight excluding hydrogens is 278 g/mol. The Hall–Kier alpha value is -1.37. The predicted octanol–water partition coefficient (Wildman–Crippen LogP) is 1.60. The van der Waals surface area contributed by atoms with Crippen molar-refractivity contribution in [2.45, 2.75) is 4.90 Å². The van der Waals surface area contributed by atoms with Gasteiger partial charge in [0.05, 0.1) is 4.90 Å². The molecule has 0 spiro atoms. The zero-order valence-electron chi connectivity index (χ0n) is 9.41. The first-order valence-electron chi connectivity index (χ1n) is 4.96. The van der Waals surface area contributed by atoms with E-state index >= 15 is 0 Å². The molecule has 1 aromatic carbocycles. The van der Waals surface area contributed by atoms with Crippen LogP contribution in [0, 0.1) is 0 Å². The Morgan fingerprint density at radius 2 is 2.17 bits per heavy atom. The van der Waals surface area contributed by atoms with Crippen LogP contribution in [0.4, 0.5) is 0 Å². The van der Waals surface area contributed by atoms with Gasteiger partial charge in [0.1, 0.15) is 6.54 Å². The number of rotatable bonds is 6. The maximum absolute atomic E-state index is 12.2. The van der Waals surface area contributed by atoms with Gasteiger partial charge in [0.15, 0.2) is 0 Å². The van der Waals surface area contributed by atoms with E-state index in [2.05, 4.69) is 6.58 Å². The van der Waals surface area contributed by atoms with Gasteiger partial charge in [-0.05, 0) is 18.2 Å². The molecule has 0 saturated heterocycles. The molecule has 0 unspecified atom stereocenters. The van der Waals surface area contributed by atoms with Crippen molar-refractivity contribution in [1.82, 2.24) is 4.31 Å². The standard InChI is InChI=1S/C11H12ClNO4S/c1-2-6-13(8-11(14)15)18(16,17)10-5-3-4-9(12)7-10/h2-5,7H,1,6,8H2,(H,14,15). The number of carboxylic acids is 1. The molecule has 0 fully saturated rings. The first-order chi connectivity index (χ1) is 8.37. The molecule has 0 heterocycles. The minimum absolute atomic E-state index is 0.0434. The highest BCUT2D eigenvalue weighted by molar-refractivity contribution is 7.89. The first kappa shape index (κ1) is 14.7. The first-order valence-corrected chi connectivity index (χ1v) is 6.78. The van der Waals surface area contributed by atoms with Crippen LogP contribution in [-0.2, 0) is 14.8 Å². The number of hydrogen-bond donors (Lipinski definition) is 1. The van der Waals surface area contributed by atoms with E-state index in [0.29, 0.717) is 0 Å². The van der Waals surface area contributed by atoms with E-state index in [1.165, 1.54) is 30.3 Å². The van der Waals surface area contributed by atoms with E-state index in [1.807, 2.05) is 0 Å². The summed E-state index contributed by atoms with van der Waals surface area (Å²) in [6.07, 6.45) is 1.32. The van der Waals surface area contributed by atoms with Crippen LogP contribution in [0.15, 0.2) is 41.8 Å². The highest BCUT2D eigenvalue weighted by Crippen LogP contribution is 2.19. The van der Waals surface area contributed by atoms with Gasteiger partial charge in [-0.15, -0.1) is 6.58 Å². The number of carboxylic acid groups (broad SMARTS) is 1. The van der Waals surface area contributed by atoms with Gasteiger partial charge in [0.25, 0.3) is 0 Å². The topological polar surface area (TPSA) is 74.7 Å². The number of halogens is 1. The van der Waals surface area contributed by atoms with Crippen molar-refractivity contribution in [3.63, 3.8) is 0 Å². The summed E-state index contributed by atoms with van der Waals surface area (Å²) in [5, 5.41) is 8.98. The Bertz CT molecular complexity index is 556. The van der Waals surface area contributed by atoms with Crippen molar-refractivity contribution in [2.24, 2.45) is 0 Å². The molecule has 0 aliphatic rings. The summed E-state index contributed by atoms with van der Waals surface area (Å²) in [6.45, 7) is 2.70. The van der Waals surface area contributed by atoms with E-state index in [9.17, 15) is 13.2 Å². The molecule has 0 bridgehead atoms. The number of carbonyl (C=O) groups is 1. The van der Waals surface area contributed by atoms with E-state index in [1.54, 1.807) is 0 Å². The molecule has 18 heavy (non-hydrogen) atoms. The van der Waals surface area contributed by atoms with Crippen LogP contribution >= 0.6 is 11.6 Å². The molecular formula is C11H12ClNO4S. The molecule has 7 heteroatoms. The summed E-state index contributed by atoms with van der Waals surface area (Å²) in [5.41, 5.74) is 0. The van der Waals surface area contributed by atoms with Crippen LogP contribution < -0.4 is 0 Å². The van der Waals surface area contributed by atoms with Crippen LogP contribution in [0.5, 0.6) is 0 Å². The summed E-state index contributed by atoms with van der Waals surface area (Å²) < 4.78 is 25.1. The lowest BCUT2D eigenvalue weighted by Crippen LogP contribution is -2.35. The number of nitrogens with zero attached hydrogens (tertiary/aromatic N) is 1. The molecule has 1 rings (SSSR count). The highest BCUT2D eigenvalue weighted by Gasteiger charge is 2.25. The molecule has 1 aromatic rings. The van der Waals surface area contributed by atoms with Gasteiger partial charge in [-0.2, -0.15) is 4.31 Å². The lowest BCUT2D eigenvalue weighted by atomic mass is 10.4. The van der Waals surface area contributed by atoms with Gasteiger partial charge < -0.3 is 5.11 Å². The van der Waals surface area contributed by atoms with Crippen molar-refractivity contribution in [3.05, 3.63) is 41.9 Å².